The van der Waals surface area contributed by atoms with Gasteiger partial charge in [-0.1, -0.05) is 32.9 Å². The summed E-state index contributed by atoms with van der Waals surface area (Å²) in [5.41, 5.74) is 6.72. The Bertz CT molecular complexity index is 341. The summed E-state index contributed by atoms with van der Waals surface area (Å²) in [4.78, 5) is 0. The van der Waals surface area contributed by atoms with Gasteiger partial charge in [0.1, 0.15) is 5.75 Å². The Labute approximate surface area is 115 Å². The van der Waals surface area contributed by atoms with Gasteiger partial charge in [-0.2, -0.15) is 11.8 Å². The van der Waals surface area contributed by atoms with Crippen LogP contribution in [0, 0.1) is 5.92 Å². The van der Waals surface area contributed by atoms with Gasteiger partial charge in [0.2, 0.25) is 0 Å². The number of hydrogen-bond acceptors (Lipinski definition) is 3. The van der Waals surface area contributed by atoms with Gasteiger partial charge >= 0.3 is 0 Å². The highest BCUT2D eigenvalue weighted by Gasteiger charge is 2.06. The lowest BCUT2D eigenvalue weighted by atomic mass is 10.2. The fourth-order valence-corrected chi connectivity index (χ4v) is 2.51. The second-order valence-corrected chi connectivity index (χ2v) is 6.36. The van der Waals surface area contributed by atoms with Gasteiger partial charge in [-0.15, -0.1) is 0 Å². The number of ether oxygens (including phenoxy) is 1. The van der Waals surface area contributed by atoms with Crippen LogP contribution in [-0.2, 0) is 6.54 Å². The highest BCUT2D eigenvalue weighted by atomic mass is 32.2. The van der Waals surface area contributed by atoms with E-state index in [0.717, 1.165) is 41.3 Å². The largest absolute Gasteiger partial charge is 0.494 e. The van der Waals surface area contributed by atoms with Gasteiger partial charge in [-0.3, -0.25) is 0 Å². The molecule has 0 amide bonds. The first-order valence-corrected chi connectivity index (χ1v) is 7.71. The minimum absolute atomic E-state index is 0.568. The quantitative estimate of drug-likeness (QED) is 0.730. The zero-order chi connectivity index (χ0) is 13.4. The Morgan fingerprint density at radius 2 is 2.06 bits per heavy atom. The highest BCUT2D eigenvalue weighted by molar-refractivity contribution is 7.99. The van der Waals surface area contributed by atoms with Crippen molar-refractivity contribution in [3.8, 4) is 5.75 Å². The molecule has 0 aliphatic heterocycles. The predicted molar refractivity (Wildman–Crippen MR) is 81.2 cm³/mol. The Kier molecular flexibility index (Phi) is 7.21. The summed E-state index contributed by atoms with van der Waals surface area (Å²) in [6, 6.07) is 8.02. The van der Waals surface area contributed by atoms with Gasteiger partial charge in [0.05, 0.1) is 6.61 Å². The van der Waals surface area contributed by atoms with Crippen molar-refractivity contribution >= 4 is 11.8 Å². The summed E-state index contributed by atoms with van der Waals surface area (Å²) >= 11 is 2.03. The van der Waals surface area contributed by atoms with Crippen molar-refractivity contribution < 1.29 is 4.74 Å². The van der Waals surface area contributed by atoms with Crippen molar-refractivity contribution in [2.24, 2.45) is 11.7 Å². The maximum atomic E-state index is 5.72. The molecule has 0 fully saturated rings. The van der Waals surface area contributed by atoms with Gasteiger partial charge in [-0.05, 0) is 35.8 Å². The Morgan fingerprint density at radius 3 is 2.72 bits per heavy atom. The van der Waals surface area contributed by atoms with Crippen LogP contribution in [0.15, 0.2) is 24.3 Å². The minimum atomic E-state index is 0.568. The average Bonchev–Trinajstić information content (AvgIpc) is 2.38. The van der Waals surface area contributed by atoms with Crippen LogP contribution in [0.4, 0.5) is 0 Å². The molecule has 0 saturated carbocycles. The van der Waals surface area contributed by atoms with Crippen molar-refractivity contribution in [3.05, 3.63) is 29.8 Å². The van der Waals surface area contributed by atoms with Crippen LogP contribution in [-0.4, -0.2) is 17.6 Å². The second-order valence-electron chi connectivity index (χ2n) is 4.87. The molecule has 102 valence electrons. The second kappa shape index (κ2) is 8.44. The fraction of sp³-hybridized carbons (Fsp3) is 0.600. The molecule has 0 aromatic heterocycles. The minimum Gasteiger partial charge on any atom is -0.494 e. The van der Waals surface area contributed by atoms with E-state index in [1.807, 2.05) is 36.0 Å². The molecule has 0 radical (unpaired) electrons. The smallest absolute Gasteiger partial charge is 0.119 e. The van der Waals surface area contributed by atoms with E-state index in [-0.39, 0.29) is 0 Å². The summed E-state index contributed by atoms with van der Waals surface area (Å²) < 4.78 is 5.72. The van der Waals surface area contributed by atoms with E-state index >= 15 is 0 Å². The van der Waals surface area contributed by atoms with Crippen LogP contribution >= 0.6 is 11.8 Å². The molecule has 2 N–H and O–H groups in total. The van der Waals surface area contributed by atoms with E-state index in [1.165, 1.54) is 0 Å². The van der Waals surface area contributed by atoms with Crippen molar-refractivity contribution in [2.75, 3.05) is 12.4 Å². The molecular formula is C15H25NOS. The first-order valence-electron chi connectivity index (χ1n) is 6.67. The molecule has 0 aliphatic carbocycles. The van der Waals surface area contributed by atoms with Crippen LogP contribution in [0.3, 0.4) is 0 Å². The van der Waals surface area contributed by atoms with Crippen molar-refractivity contribution in [3.63, 3.8) is 0 Å². The number of thioether (sulfide) groups is 1. The number of rotatable bonds is 8. The van der Waals surface area contributed by atoms with Crippen LogP contribution in [0.1, 0.15) is 32.8 Å². The maximum absolute atomic E-state index is 5.72. The molecule has 2 nitrogen and oxygen atoms in total. The molecule has 1 unspecified atom stereocenters. The monoisotopic (exact) mass is 267 g/mol. The summed E-state index contributed by atoms with van der Waals surface area (Å²) in [5.74, 6) is 2.84. The molecule has 1 atom stereocenters. The third kappa shape index (κ3) is 5.78. The molecule has 0 bridgehead atoms. The third-order valence-electron chi connectivity index (χ3n) is 3.01. The molecule has 1 aromatic carbocycles. The lowest BCUT2D eigenvalue weighted by Gasteiger charge is -2.14. The fourth-order valence-electron chi connectivity index (χ4n) is 1.47. The first kappa shape index (κ1) is 15.4. The zero-order valence-corrected chi connectivity index (χ0v) is 12.5. The van der Waals surface area contributed by atoms with Crippen molar-refractivity contribution in [2.45, 2.75) is 39.0 Å². The van der Waals surface area contributed by atoms with Crippen molar-refractivity contribution in [1.29, 1.82) is 0 Å². The summed E-state index contributed by atoms with van der Waals surface area (Å²) in [6.45, 7) is 8.19. The summed E-state index contributed by atoms with van der Waals surface area (Å²) in [7, 11) is 0. The topological polar surface area (TPSA) is 35.2 Å². The van der Waals surface area contributed by atoms with E-state index in [2.05, 4.69) is 20.8 Å². The Balaban J connectivity index is 2.17. The van der Waals surface area contributed by atoms with E-state index < -0.39 is 0 Å². The predicted octanol–water partition coefficient (Wildman–Crippen LogP) is 3.69. The van der Waals surface area contributed by atoms with Crippen LogP contribution in [0.25, 0.3) is 0 Å². The molecule has 3 heteroatoms. The van der Waals surface area contributed by atoms with Gasteiger partial charge in [-0.25, -0.2) is 0 Å². The molecule has 0 heterocycles. The SMILES string of the molecule is CC(C)C(C)SCCCOc1cccc(CN)c1. The summed E-state index contributed by atoms with van der Waals surface area (Å²) in [6.07, 6.45) is 1.09. The van der Waals surface area contributed by atoms with E-state index in [1.54, 1.807) is 0 Å². The molecule has 18 heavy (non-hydrogen) atoms. The van der Waals surface area contributed by atoms with Crippen LogP contribution in [0.5, 0.6) is 5.75 Å². The van der Waals surface area contributed by atoms with Gasteiger partial charge in [0.15, 0.2) is 0 Å². The summed E-state index contributed by atoms with van der Waals surface area (Å²) in [5, 5.41) is 0.727. The standard InChI is InChI=1S/C15H25NOS/c1-12(2)13(3)18-9-5-8-17-15-7-4-6-14(10-15)11-16/h4,6-7,10,12-13H,5,8-9,11,16H2,1-3H3. The Morgan fingerprint density at radius 1 is 1.28 bits per heavy atom. The molecule has 1 rings (SSSR count). The van der Waals surface area contributed by atoms with Gasteiger partial charge in [0.25, 0.3) is 0 Å². The lowest BCUT2D eigenvalue weighted by molar-refractivity contribution is 0.318. The number of nitrogens with two attached hydrogens (primary N) is 1. The van der Waals surface area contributed by atoms with E-state index in [0.29, 0.717) is 6.54 Å². The molecule has 0 saturated heterocycles. The van der Waals surface area contributed by atoms with Gasteiger partial charge in [0, 0.05) is 11.8 Å². The normalized spacial score (nSPS) is 12.7. The maximum Gasteiger partial charge on any atom is 0.119 e. The average molecular weight is 267 g/mol. The molecule has 0 aliphatic rings. The molecule has 1 aromatic rings. The van der Waals surface area contributed by atoms with Gasteiger partial charge < -0.3 is 10.5 Å². The lowest BCUT2D eigenvalue weighted by Crippen LogP contribution is -2.08. The van der Waals surface area contributed by atoms with Crippen LogP contribution < -0.4 is 10.5 Å². The highest BCUT2D eigenvalue weighted by Crippen LogP contribution is 2.19. The first-order chi connectivity index (χ1) is 8.63. The zero-order valence-electron chi connectivity index (χ0n) is 11.7. The third-order valence-corrected chi connectivity index (χ3v) is 4.61. The Hall–Kier alpha value is -0.670. The van der Waals surface area contributed by atoms with E-state index in [9.17, 15) is 0 Å². The number of hydrogen-bond donors (Lipinski definition) is 1. The molecular weight excluding hydrogens is 242 g/mol. The van der Waals surface area contributed by atoms with E-state index in [4.69, 9.17) is 10.5 Å². The number of benzene rings is 1. The van der Waals surface area contributed by atoms with Crippen LogP contribution in [0.2, 0.25) is 0 Å². The van der Waals surface area contributed by atoms with Crippen molar-refractivity contribution in [1.82, 2.24) is 0 Å². The molecule has 0 spiro atoms.